The largest absolute Gasteiger partial charge is 0.361 e. The molecule has 0 aliphatic carbocycles. The molecule has 1 amide bonds. The first-order valence-electron chi connectivity index (χ1n) is 8.66. The van der Waals surface area contributed by atoms with E-state index < -0.39 is 0 Å². The van der Waals surface area contributed by atoms with E-state index in [0.717, 1.165) is 49.1 Å². The number of carbonyl (C=O) groups is 1. The molecule has 5 heteroatoms. The van der Waals surface area contributed by atoms with Gasteiger partial charge >= 0.3 is 0 Å². The van der Waals surface area contributed by atoms with E-state index in [1.165, 1.54) is 5.56 Å². The van der Waals surface area contributed by atoms with E-state index in [1.807, 2.05) is 23.4 Å². The highest BCUT2D eigenvalue weighted by atomic mass is 16.2. The monoisotopic (exact) mass is 312 g/mol. The maximum Gasteiger partial charge on any atom is 0.228 e. The smallest absolute Gasteiger partial charge is 0.228 e. The molecule has 122 valence electrons. The van der Waals surface area contributed by atoms with Crippen LogP contribution in [0.5, 0.6) is 0 Å². The summed E-state index contributed by atoms with van der Waals surface area (Å²) in [7, 11) is 0. The maximum absolute atomic E-state index is 12.8. The van der Waals surface area contributed by atoms with Crippen LogP contribution >= 0.6 is 0 Å². The van der Waals surface area contributed by atoms with Crippen molar-refractivity contribution in [2.45, 2.75) is 51.6 Å². The molecule has 1 saturated heterocycles. The van der Waals surface area contributed by atoms with Crippen molar-refractivity contribution in [3.63, 3.8) is 0 Å². The molecule has 4 rings (SSSR count). The van der Waals surface area contributed by atoms with Crippen LogP contribution < -0.4 is 4.90 Å². The second-order valence-corrected chi connectivity index (χ2v) is 7.00. The van der Waals surface area contributed by atoms with Crippen LogP contribution in [-0.2, 0) is 11.2 Å². The SMILES string of the molecule is CC(C)N1CCC(N2C(=O)CCc3c[nH]c4ccnc2c34)CC1. The predicted molar refractivity (Wildman–Crippen MR) is 91.6 cm³/mol. The number of anilines is 1. The molecular formula is C18H24N4O. The number of nitrogens with zero attached hydrogens (tertiary/aromatic N) is 3. The molecule has 23 heavy (non-hydrogen) atoms. The second-order valence-electron chi connectivity index (χ2n) is 7.00. The Balaban J connectivity index is 1.69. The standard InChI is InChI=1S/C18H24N4O/c1-12(2)21-9-6-14(7-10-21)22-16(23)4-3-13-11-20-15-5-8-19-18(22)17(13)15/h5,8,11-12,14,20H,3-4,6-7,9-10H2,1-2H3. The van der Waals surface area contributed by atoms with Crippen LogP contribution in [0.25, 0.3) is 10.9 Å². The summed E-state index contributed by atoms with van der Waals surface area (Å²) in [5, 5.41) is 1.14. The minimum Gasteiger partial charge on any atom is -0.361 e. The summed E-state index contributed by atoms with van der Waals surface area (Å²) >= 11 is 0. The van der Waals surface area contributed by atoms with Crippen molar-refractivity contribution in [2.75, 3.05) is 18.0 Å². The average molecular weight is 312 g/mol. The Kier molecular flexibility index (Phi) is 3.60. The third-order valence-electron chi connectivity index (χ3n) is 5.35. The lowest BCUT2D eigenvalue weighted by Gasteiger charge is -2.39. The maximum atomic E-state index is 12.8. The predicted octanol–water partition coefficient (Wildman–Crippen LogP) is 2.71. The molecule has 0 unspecified atom stereocenters. The number of nitrogens with one attached hydrogen (secondary N) is 1. The number of amides is 1. The van der Waals surface area contributed by atoms with Crippen molar-refractivity contribution in [3.05, 3.63) is 24.0 Å². The van der Waals surface area contributed by atoms with Gasteiger partial charge in [-0.3, -0.25) is 9.69 Å². The van der Waals surface area contributed by atoms with Crippen LogP contribution in [0.2, 0.25) is 0 Å². The molecule has 4 heterocycles. The molecule has 0 aromatic carbocycles. The Morgan fingerprint density at radius 3 is 2.78 bits per heavy atom. The summed E-state index contributed by atoms with van der Waals surface area (Å²) in [4.78, 5) is 25.2. The molecule has 0 radical (unpaired) electrons. The fourth-order valence-corrected chi connectivity index (χ4v) is 4.02. The molecule has 1 fully saturated rings. The summed E-state index contributed by atoms with van der Waals surface area (Å²) < 4.78 is 0. The van der Waals surface area contributed by atoms with Gasteiger partial charge in [0.25, 0.3) is 0 Å². The van der Waals surface area contributed by atoms with Gasteiger partial charge in [0.2, 0.25) is 5.91 Å². The van der Waals surface area contributed by atoms with E-state index in [9.17, 15) is 4.79 Å². The van der Waals surface area contributed by atoms with Crippen LogP contribution in [0.15, 0.2) is 18.5 Å². The summed E-state index contributed by atoms with van der Waals surface area (Å²) in [6.07, 6.45) is 7.29. The number of aromatic amines is 1. The van der Waals surface area contributed by atoms with Gasteiger partial charge in [0, 0.05) is 49.4 Å². The minimum atomic E-state index is 0.226. The van der Waals surface area contributed by atoms with Gasteiger partial charge in [-0.1, -0.05) is 0 Å². The summed E-state index contributed by atoms with van der Waals surface area (Å²) in [6, 6.07) is 2.85. The number of aromatic nitrogens is 2. The molecular weight excluding hydrogens is 288 g/mol. The van der Waals surface area contributed by atoms with Gasteiger partial charge in [-0.25, -0.2) is 4.98 Å². The Bertz CT molecular complexity index is 728. The van der Waals surface area contributed by atoms with E-state index in [-0.39, 0.29) is 11.9 Å². The van der Waals surface area contributed by atoms with Crippen LogP contribution in [0.1, 0.15) is 38.7 Å². The molecule has 0 spiro atoms. The zero-order valence-corrected chi connectivity index (χ0v) is 13.9. The fourth-order valence-electron chi connectivity index (χ4n) is 4.02. The van der Waals surface area contributed by atoms with E-state index >= 15 is 0 Å². The first-order valence-corrected chi connectivity index (χ1v) is 8.66. The zero-order chi connectivity index (χ0) is 16.0. The first-order chi connectivity index (χ1) is 11.1. The Morgan fingerprint density at radius 2 is 2.04 bits per heavy atom. The van der Waals surface area contributed by atoms with Gasteiger partial charge < -0.3 is 9.88 Å². The van der Waals surface area contributed by atoms with Crippen LogP contribution in [0.4, 0.5) is 5.82 Å². The van der Waals surface area contributed by atoms with Crippen molar-refractivity contribution in [2.24, 2.45) is 0 Å². The third-order valence-corrected chi connectivity index (χ3v) is 5.35. The van der Waals surface area contributed by atoms with Crippen LogP contribution in [0.3, 0.4) is 0 Å². The molecule has 0 bridgehead atoms. The molecule has 2 aliphatic heterocycles. The molecule has 2 aliphatic rings. The quantitative estimate of drug-likeness (QED) is 0.927. The van der Waals surface area contributed by atoms with E-state index in [4.69, 9.17) is 0 Å². The highest BCUT2D eigenvalue weighted by molar-refractivity contribution is 6.04. The number of hydrogen-bond acceptors (Lipinski definition) is 3. The van der Waals surface area contributed by atoms with Gasteiger partial charge in [-0.2, -0.15) is 0 Å². The summed E-state index contributed by atoms with van der Waals surface area (Å²) in [5.41, 5.74) is 2.31. The summed E-state index contributed by atoms with van der Waals surface area (Å²) in [6.45, 7) is 6.60. The third kappa shape index (κ3) is 2.43. The number of H-pyrrole nitrogens is 1. The number of hydrogen-bond donors (Lipinski definition) is 1. The lowest BCUT2D eigenvalue weighted by atomic mass is 10.0. The van der Waals surface area contributed by atoms with Crippen molar-refractivity contribution >= 4 is 22.6 Å². The van der Waals surface area contributed by atoms with Crippen molar-refractivity contribution in [1.29, 1.82) is 0 Å². The topological polar surface area (TPSA) is 52.2 Å². The van der Waals surface area contributed by atoms with E-state index in [2.05, 4.69) is 28.7 Å². The number of carbonyl (C=O) groups excluding carboxylic acids is 1. The Hall–Kier alpha value is -1.88. The highest BCUT2D eigenvalue weighted by Gasteiger charge is 2.33. The van der Waals surface area contributed by atoms with Crippen molar-refractivity contribution in [3.8, 4) is 0 Å². The number of pyridine rings is 1. The van der Waals surface area contributed by atoms with E-state index in [1.54, 1.807) is 0 Å². The highest BCUT2D eigenvalue weighted by Crippen LogP contribution is 2.35. The molecule has 0 saturated carbocycles. The molecule has 5 nitrogen and oxygen atoms in total. The molecule has 2 aromatic heterocycles. The minimum absolute atomic E-state index is 0.226. The van der Waals surface area contributed by atoms with Crippen molar-refractivity contribution < 1.29 is 4.79 Å². The normalized spacial score (nSPS) is 20.5. The zero-order valence-electron chi connectivity index (χ0n) is 13.9. The van der Waals surface area contributed by atoms with Crippen LogP contribution in [0, 0.1) is 0 Å². The lowest BCUT2D eigenvalue weighted by Crippen LogP contribution is -2.49. The van der Waals surface area contributed by atoms with Gasteiger partial charge in [-0.05, 0) is 44.7 Å². The fraction of sp³-hybridized carbons (Fsp3) is 0.556. The lowest BCUT2D eigenvalue weighted by molar-refractivity contribution is -0.119. The number of likely N-dealkylation sites (tertiary alicyclic amines) is 1. The number of piperidine rings is 1. The van der Waals surface area contributed by atoms with Crippen molar-refractivity contribution in [1.82, 2.24) is 14.9 Å². The van der Waals surface area contributed by atoms with Gasteiger partial charge in [-0.15, -0.1) is 0 Å². The first kappa shape index (κ1) is 14.7. The van der Waals surface area contributed by atoms with Gasteiger partial charge in [0.1, 0.15) is 5.82 Å². The second kappa shape index (κ2) is 5.64. The molecule has 1 N–H and O–H groups in total. The van der Waals surface area contributed by atoms with Gasteiger partial charge in [0.05, 0.1) is 5.52 Å². The van der Waals surface area contributed by atoms with Crippen LogP contribution in [-0.4, -0.2) is 45.9 Å². The summed E-state index contributed by atoms with van der Waals surface area (Å²) in [5.74, 6) is 1.09. The number of rotatable bonds is 2. The Labute approximate surface area is 136 Å². The average Bonchev–Trinajstić information content (AvgIpc) is 2.91. The molecule has 0 atom stereocenters. The molecule has 2 aromatic rings. The van der Waals surface area contributed by atoms with Gasteiger partial charge in [0.15, 0.2) is 0 Å². The van der Waals surface area contributed by atoms with E-state index in [0.29, 0.717) is 12.5 Å². The number of aryl methyl sites for hydroxylation is 1. The Morgan fingerprint density at radius 1 is 1.26 bits per heavy atom.